The Bertz CT molecular complexity index is 2330. The highest BCUT2D eigenvalue weighted by molar-refractivity contribution is 9.09. The van der Waals surface area contributed by atoms with Crippen LogP contribution in [0.5, 0.6) is 0 Å². The average molecular weight is 988 g/mol. The first-order valence-corrected chi connectivity index (χ1v) is 22.9. The minimum absolute atomic E-state index is 0.818. The Morgan fingerprint density at radius 2 is 0.482 bits per heavy atom. The van der Waals surface area contributed by atoms with E-state index in [2.05, 4.69) is 229 Å². The molecule has 0 radical (unpaired) electrons. The molecule has 4 N–H and O–H groups in total. The van der Waals surface area contributed by atoms with Crippen molar-refractivity contribution in [2.75, 3.05) is 0 Å². The molecule has 8 aromatic rings. The van der Waals surface area contributed by atoms with E-state index in [9.17, 15) is 0 Å². The van der Waals surface area contributed by atoms with Gasteiger partial charge < -0.3 is 19.9 Å². The van der Waals surface area contributed by atoms with Gasteiger partial charge in [-0.25, -0.2) is 0 Å². The number of nitrogens with one attached hydrogen (secondary N) is 4. The smallest absolute Gasteiger partial charge is 0.0630 e. The first-order chi connectivity index (χ1) is 27.5. The van der Waals surface area contributed by atoms with Gasteiger partial charge in [-0.15, -0.1) is 0 Å². The molecule has 1 aliphatic rings. The van der Waals surface area contributed by atoms with Gasteiger partial charge in [0.05, 0.1) is 22.8 Å². The second-order valence-corrected chi connectivity index (χ2v) is 16.3. The first-order valence-electron chi connectivity index (χ1n) is 18.4. The third-order valence-corrected chi connectivity index (χ3v) is 13.1. The molecule has 5 heterocycles. The minimum atomic E-state index is 0.818. The number of benzene rings is 4. The Kier molecular flexibility index (Phi) is 10.6. The van der Waals surface area contributed by atoms with Crippen molar-refractivity contribution in [3.63, 3.8) is 0 Å². The Morgan fingerprint density at radius 3 is 0.661 bits per heavy atom. The van der Waals surface area contributed by atoms with Gasteiger partial charge in [-0.3, -0.25) is 0 Å². The lowest BCUT2D eigenvalue weighted by molar-refractivity contribution is 1.29. The van der Waals surface area contributed by atoms with Crippen molar-refractivity contribution in [3.05, 3.63) is 166 Å². The van der Waals surface area contributed by atoms with Crippen LogP contribution in [0.3, 0.4) is 0 Å². The maximum absolute atomic E-state index is 3.81. The van der Waals surface area contributed by atoms with E-state index in [1.165, 1.54) is 22.3 Å². The van der Waals surface area contributed by atoms with Crippen LogP contribution in [0.4, 0.5) is 0 Å². The number of hydrogen-bond donors (Lipinski definition) is 4. The van der Waals surface area contributed by atoms with E-state index in [0.29, 0.717) is 0 Å². The molecule has 8 bridgehead atoms. The summed E-state index contributed by atoms with van der Waals surface area (Å²) < 4.78 is 0. The number of alkyl halides is 4. The molecule has 0 amide bonds. The average Bonchev–Trinajstić information content (AvgIpc) is 4.07. The van der Waals surface area contributed by atoms with Gasteiger partial charge in [-0.2, -0.15) is 0 Å². The summed E-state index contributed by atoms with van der Waals surface area (Å²) in [7, 11) is 0. The van der Waals surface area contributed by atoms with E-state index < -0.39 is 0 Å². The Balaban J connectivity index is 1.27. The molecule has 276 valence electrons. The Morgan fingerprint density at radius 1 is 0.286 bits per heavy atom. The number of halogens is 4. The van der Waals surface area contributed by atoms with Crippen LogP contribution in [-0.4, -0.2) is 19.9 Å². The van der Waals surface area contributed by atoms with Crippen molar-refractivity contribution >= 4 is 88.0 Å². The second kappa shape index (κ2) is 16.1. The molecule has 0 aliphatic carbocycles. The van der Waals surface area contributed by atoms with Crippen molar-refractivity contribution < 1.29 is 0 Å². The summed E-state index contributed by atoms with van der Waals surface area (Å²) in [5.41, 5.74) is 22.3. The Labute approximate surface area is 360 Å². The predicted molar refractivity (Wildman–Crippen MR) is 251 cm³/mol. The van der Waals surface area contributed by atoms with Crippen molar-refractivity contribution in [3.8, 4) is 67.3 Å². The second-order valence-electron chi connectivity index (χ2n) is 14.0. The minimum Gasteiger partial charge on any atom is -0.353 e. The van der Waals surface area contributed by atoms with Crippen LogP contribution in [0, 0.1) is 0 Å². The van der Waals surface area contributed by atoms with E-state index in [1.807, 2.05) is 0 Å². The van der Waals surface area contributed by atoms with Crippen molar-refractivity contribution in [1.82, 2.24) is 19.9 Å². The maximum Gasteiger partial charge on any atom is 0.0630 e. The standard InChI is InChI=1S/C48H36Br4N4/c49-25-29-1-9-33(10-2-29)37-21-45-46-22-38(34-11-3-30(26-50)4-12-34)43(54-46)19-20-44-40(36-15-7-32(28-52)8-16-36)24-48(56-44)47-23-39(35-13-5-31(27-51)6-14-35)42(55-47)18-17-41(37)53-45/h1-24,53-56H,25-28H2. The van der Waals surface area contributed by atoms with Crippen LogP contribution in [0.25, 0.3) is 91.6 Å². The molecule has 56 heavy (non-hydrogen) atoms. The first kappa shape index (κ1) is 37.0. The van der Waals surface area contributed by atoms with Crippen molar-refractivity contribution in [2.24, 2.45) is 0 Å². The van der Waals surface area contributed by atoms with E-state index in [0.717, 1.165) is 111 Å². The summed E-state index contributed by atoms with van der Waals surface area (Å²) >= 11 is 14.5. The number of aromatic nitrogens is 4. The molecule has 0 saturated heterocycles. The highest BCUT2D eigenvalue weighted by Gasteiger charge is 2.19. The third kappa shape index (κ3) is 7.36. The molecule has 0 fully saturated rings. The summed E-state index contributed by atoms with van der Waals surface area (Å²) in [6, 6.07) is 44.2. The largest absolute Gasteiger partial charge is 0.353 e. The molecular weight excluding hydrogens is 952 g/mol. The fraction of sp³-hybridized carbons (Fsp3) is 0.0833. The SMILES string of the molecule is BrCc1ccc(-c2cc3[nH]c2C=Cc2[nH]c(cc2-c2ccc(CBr)cc2)-c2cc(-c4ccc(CBr)cc4)c([nH]2)C=Cc2[nH]c-3cc2-c2ccc(CBr)cc2)cc1. The maximum atomic E-state index is 3.81. The molecular formula is C48H36Br4N4. The highest BCUT2D eigenvalue weighted by Crippen LogP contribution is 2.39. The monoisotopic (exact) mass is 984 g/mol. The molecule has 9 rings (SSSR count). The molecule has 8 heteroatoms. The lowest BCUT2D eigenvalue weighted by atomic mass is 10.0. The number of fused-ring (bicyclic) bond motifs is 10. The molecule has 4 nitrogen and oxygen atoms in total. The molecule has 1 aliphatic heterocycles. The van der Waals surface area contributed by atoms with Crippen molar-refractivity contribution in [1.29, 1.82) is 0 Å². The van der Waals surface area contributed by atoms with Crippen LogP contribution in [-0.2, 0) is 21.3 Å². The molecule has 0 saturated carbocycles. The van der Waals surface area contributed by atoms with Crippen LogP contribution in [0.2, 0.25) is 0 Å². The van der Waals surface area contributed by atoms with Gasteiger partial charge in [0, 0.05) is 66.3 Å². The number of aromatic amines is 4. The number of H-pyrrole nitrogens is 4. The quantitative estimate of drug-likeness (QED) is 0.110. The number of rotatable bonds is 8. The molecule has 0 unspecified atom stereocenters. The van der Waals surface area contributed by atoms with Gasteiger partial charge in [0.1, 0.15) is 0 Å². The number of hydrogen-bond acceptors (Lipinski definition) is 0. The van der Waals surface area contributed by atoms with Gasteiger partial charge in [0.2, 0.25) is 0 Å². The molecule has 4 aromatic heterocycles. The van der Waals surface area contributed by atoms with Gasteiger partial charge in [-0.1, -0.05) is 161 Å². The topological polar surface area (TPSA) is 63.2 Å². The highest BCUT2D eigenvalue weighted by atomic mass is 79.9. The fourth-order valence-corrected chi connectivity index (χ4v) is 8.87. The zero-order valence-corrected chi connectivity index (χ0v) is 36.5. The molecule has 4 aromatic carbocycles. The fourth-order valence-electron chi connectivity index (χ4n) is 7.37. The van der Waals surface area contributed by atoms with Crippen LogP contribution in [0.15, 0.2) is 121 Å². The van der Waals surface area contributed by atoms with Gasteiger partial charge in [0.15, 0.2) is 0 Å². The van der Waals surface area contributed by atoms with E-state index in [1.54, 1.807) is 0 Å². The van der Waals surface area contributed by atoms with Crippen molar-refractivity contribution in [2.45, 2.75) is 21.3 Å². The molecule has 0 atom stereocenters. The zero-order valence-electron chi connectivity index (χ0n) is 30.2. The van der Waals surface area contributed by atoms with Gasteiger partial charge in [-0.05, 0) is 93.1 Å². The Hall–Kier alpha value is -4.60. The summed E-state index contributed by atoms with van der Waals surface area (Å²) in [6.07, 6.45) is 8.82. The van der Waals surface area contributed by atoms with Crippen LogP contribution >= 0.6 is 63.7 Å². The lowest BCUT2D eigenvalue weighted by Gasteiger charge is -2.04. The molecule has 0 spiro atoms. The zero-order chi connectivity index (χ0) is 38.2. The van der Waals surface area contributed by atoms with E-state index in [4.69, 9.17) is 0 Å². The third-order valence-electron chi connectivity index (χ3n) is 10.5. The lowest BCUT2D eigenvalue weighted by Crippen LogP contribution is -1.85. The van der Waals surface area contributed by atoms with Crippen LogP contribution < -0.4 is 0 Å². The van der Waals surface area contributed by atoms with E-state index in [-0.39, 0.29) is 0 Å². The normalized spacial score (nSPS) is 12.1. The summed E-state index contributed by atoms with van der Waals surface area (Å²) in [4.78, 5) is 15.2. The van der Waals surface area contributed by atoms with Crippen LogP contribution in [0.1, 0.15) is 45.0 Å². The summed E-state index contributed by atoms with van der Waals surface area (Å²) in [6.45, 7) is 0. The van der Waals surface area contributed by atoms with E-state index >= 15 is 0 Å². The summed E-state index contributed by atoms with van der Waals surface area (Å²) in [5.74, 6) is 0. The summed E-state index contributed by atoms with van der Waals surface area (Å²) in [5, 5.41) is 3.27. The van der Waals surface area contributed by atoms with Gasteiger partial charge >= 0.3 is 0 Å². The predicted octanol–water partition coefficient (Wildman–Crippen LogP) is 15.2. The van der Waals surface area contributed by atoms with Gasteiger partial charge in [0.25, 0.3) is 0 Å².